The van der Waals surface area contributed by atoms with Crippen molar-refractivity contribution in [2.24, 2.45) is 4.99 Å². The first-order valence-corrected chi connectivity index (χ1v) is 9.43. The molecule has 0 spiro atoms. The molecule has 2 heterocycles. The monoisotopic (exact) mass is 496 g/mol. The van der Waals surface area contributed by atoms with Gasteiger partial charge in [0.2, 0.25) is 0 Å². The smallest absolute Gasteiger partial charge is 0.198 e. The number of aliphatic imine (C=N–C) groups is 1. The van der Waals surface area contributed by atoms with Crippen molar-refractivity contribution < 1.29 is 9.13 Å². The number of halogens is 2. The number of anilines is 2. The highest BCUT2D eigenvalue weighted by atomic mass is 127. The van der Waals surface area contributed by atoms with Crippen molar-refractivity contribution in [1.82, 2.24) is 5.32 Å². The van der Waals surface area contributed by atoms with E-state index < -0.39 is 0 Å². The quantitative estimate of drug-likeness (QED) is 0.402. The van der Waals surface area contributed by atoms with Crippen LogP contribution in [-0.4, -0.2) is 45.9 Å². The van der Waals surface area contributed by atoms with Crippen molar-refractivity contribution in [3.05, 3.63) is 59.4 Å². The fourth-order valence-corrected chi connectivity index (χ4v) is 3.76. The normalized spacial score (nSPS) is 16.6. The van der Waals surface area contributed by atoms with Crippen LogP contribution in [0.25, 0.3) is 0 Å². The maximum atomic E-state index is 14.6. The van der Waals surface area contributed by atoms with Crippen LogP contribution in [0.4, 0.5) is 15.8 Å². The second-order valence-electron chi connectivity index (χ2n) is 6.82. The average Bonchev–Trinajstić information content (AvgIpc) is 3.13. The Morgan fingerprint density at radius 2 is 1.89 bits per heavy atom. The van der Waals surface area contributed by atoms with Gasteiger partial charge < -0.3 is 19.9 Å². The molecule has 150 valence electrons. The lowest BCUT2D eigenvalue weighted by Gasteiger charge is -2.29. The van der Waals surface area contributed by atoms with E-state index in [0.29, 0.717) is 25.4 Å². The molecule has 5 nitrogen and oxygen atoms in total. The zero-order valence-corrected chi connectivity index (χ0v) is 18.4. The summed E-state index contributed by atoms with van der Waals surface area (Å²) < 4.78 is 19.9. The Morgan fingerprint density at radius 1 is 1.11 bits per heavy atom. The molecule has 2 aliphatic rings. The van der Waals surface area contributed by atoms with Gasteiger partial charge in [-0.05, 0) is 35.7 Å². The molecule has 7 heteroatoms. The minimum Gasteiger partial charge on any atom is -0.378 e. The second kappa shape index (κ2) is 9.56. The molecule has 2 aromatic rings. The lowest BCUT2D eigenvalue weighted by atomic mass is 10.1. The van der Waals surface area contributed by atoms with Crippen molar-refractivity contribution in [3.8, 4) is 0 Å². The van der Waals surface area contributed by atoms with Crippen molar-refractivity contribution in [1.29, 1.82) is 0 Å². The van der Waals surface area contributed by atoms with Crippen LogP contribution >= 0.6 is 24.0 Å². The zero-order chi connectivity index (χ0) is 18.6. The summed E-state index contributed by atoms with van der Waals surface area (Å²) >= 11 is 0. The van der Waals surface area contributed by atoms with Gasteiger partial charge >= 0.3 is 0 Å². The van der Waals surface area contributed by atoms with Gasteiger partial charge in [0.1, 0.15) is 5.82 Å². The number of morpholine rings is 1. The Labute approximate surface area is 182 Å². The molecule has 0 amide bonds. The number of fused-ring (bicyclic) bond motifs is 1. The van der Waals surface area contributed by atoms with E-state index in [2.05, 4.69) is 33.4 Å². The van der Waals surface area contributed by atoms with E-state index in [-0.39, 0.29) is 29.8 Å². The van der Waals surface area contributed by atoms with Gasteiger partial charge in [0, 0.05) is 38.9 Å². The molecule has 1 N–H and O–H groups in total. The number of hydrogen-bond donors (Lipinski definition) is 1. The summed E-state index contributed by atoms with van der Waals surface area (Å²) in [5, 5.41) is 3.37. The van der Waals surface area contributed by atoms with E-state index >= 15 is 0 Å². The van der Waals surface area contributed by atoms with Crippen molar-refractivity contribution >= 4 is 41.3 Å². The van der Waals surface area contributed by atoms with Gasteiger partial charge in [-0.1, -0.05) is 24.3 Å². The van der Waals surface area contributed by atoms with Gasteiger partial charge in [0.15, 0.2) is 5.96 Å². The average molecular weight is 496 g/mol. The van der Waals surface area contributed by atoms with Gasteiger partial charge in [-0.2, -0.15) is 0 Å². The molecule has 0 aromatic heterocycles. The summed E-state index contributed by atoms with van der Waals surface area (Å²) in [7, 11) is 1.78. The zero-order valence-electron chi connectivity index (χ0n) is 16.0. The van der Waals surface area contributed by atoms with Gasteiger partial charge in [-0.25, -0.2) is 4.39 Å². The third-order valence-electron chi connectivity index (χ3n) is 5.17. The second-order valence-corrected chi connectivity index (χ2v) is 6.82. The summed E-state index contributed by atoms with van der Waals surface area (Å²) in [5.74, 6) is 0.635. The number of rotatable bonds is 3. The molecule has 2 aromatic carbocycles. The predicted octanol–water partition coefficient (Wildman–Crippen LogP) is 3.42. The highest BCUT2D eigenvalue weighted by molar-refractivity contribution is 14.0. The van der Waals surface area contributed by atoms with Crippen molar-refractivity contribution in [3.63, 3.8) is 0 Å². The Balaban J connectivity index is 0.00000225. The third-order valence-corrected chi connectivity index (χ3v) is 5.17. The van der Waals surface area contributed by atoms with Gasteiger partial charge in [0.05, 0.1) is 18.9 Å². The highest BCUT2D eigenvalue weighted by Crippen LogP contribution is 2.27. The summed E-state index contributed by atoms with van der Waals surface area (Å²) in [6.07, 6.45) is 1.01. The molecule has 0 bridgehead atoms. The van der Waals surface area contributed by atoms with Crippen molar-refractivity contribution in [2.75, 3.05) is 49.7 Å². The molecular weight excluding hydrogens is 470 g/mol. The number of nitrogens with one attached hydrogen (secondary N) is 1. The number of hydrogen-bond acceptors (Lipinski definition) is 3. The van der Waals surface area contributed by atoms with Crippen LogP contribution in [0.1, 0.15) is 11.1 Å². The van der Waals surface area contributed by atoms with E-state index in [1.54, 1.807) is 13.1 Å². The summed E-state index contributed by atoms with van der Waals surface area (Å²) in [6.45, 7) is 4.20. The van der Waals surface area contributed by atoms with E-state index in [0.717, 1.165) is 37.6 Å². The van der Waals surface area contributed by atoms with Crippen LogP contribution in [0.2, 0.25) is 0 Å². The highest BCUT2D eigenvalue weighted by Gasteiger charge is 2.22. The molecule has 1 saturated heterocycles. The first kappa shape index (κ1) is 20.9. The number of benzene rings is 2. The van der Waals surface area contributed by atoms with E-state index in [4.69, 9.17) is 4.74 Å². The number of nitrogens with zero attached hydrogens (tertiary/aromatic N) is 3. The van der Waals surface area contributed by atoms with Gasteiger partial charge in [-0.15, -0.1) is 24.0 Å². The molecule has 1 fully saturated rings. The SMILES string of the molecule is CN=C(NCc1ccc(N2CCOCC2)c(F)c1)N1CCc2ccccc21.I. The van der Waals surface area contributed by atoms with Crippen LogP contribution < -0.4 is 15.1 Å². The molecular formula is C21H26FIN4O. The Morgan fingerprint density at radius 3 is 2.64 bits per heavy atom. The van der Waals surface area contributed by atoms with E-state index in [1.807, 2.05) is 23.1 Å². The summed E-state index contributed by atoms with van der Waals surface area (Å²) in [5.41, 5.74) is 4.08. The third kappa shape index (κ3) is 4.41. The molecule has 28 heavy (non-hydrogen) atoms. The number of para-hydroxylation sites is 1. The lowest BCUT2D eigenvalue weighted by Crippen LogP contribution is -2.40. The largest absolute Gasteiger partial charge is 0.378 e. The Hall–Kier alpha value is -1.87. The Bertz CT molecular complexity index is 839. The minimum absolute atomic E-state index is 0. The fraction of sp³-hybridized carbons (Fsp3) is 0.381. The number of ether oxygens (including phenoxy) is 1. The first-order chi connectivity index (χ1) is 13.3. The van der Waals surface area contributed by atoms with E-state index in [9.17, 15) is 4.39 Å². The van der Waals surface area contributed by atoms with Crippen LogP contribution in [0.5, 0.6) is 0 Å². The molecule has 0 unspecified atom stereocenters. The van der Waals surface area contributed by atoms with Crippen molar-refractivity contribution in [2.45, 2.75) is 13.0 Å². The first-order valence-electron chi connectivity index (χ1n) is 9.43. The number of guanidine groups is 1. The maximum Gasteiger partial charge on any atom is 0.198 e. The topological polar surface area (TPSA) is 40.1 Å². The Kier molecular flexibility index (Phi) is 7.12. The predicted molar refractivity (Wildman–Crippen MR) is 123 cm³/mol. The molecule has 0 radical (unpaired) electrons. The fourth-order valence-electron chi connectivity index (χ4n) is 3.76. The van der Waals surface area contributed by atoms with Crippen LogP contribution in [-0.2, 0) is 17.7 Å². The van der Waals surface area contributed by atoms with Crippen LogP contribution in [0, 0.1) is 5.82 Å². The van der Waals surface area contributed by atoms with Gasteiger partial charge in [-0.3, -0.25) is 4.99 Å². The standard InChI is InChI=1S/C21H25FN4O.HI/c1-23-21(26-9-8-17-4-2-3-5-19(17)26)24-15-16-6-7-20(18(22)14-16)25-10-12-27-13-11-25;/h2-7,14H,8-13,15H2,1H3,(H,23,24);1H. The maximum absolute atomic E-state index is 14.6. The van der Waals surface area contributed by atoms with Crippen LogP contribution in [0.3, 0.4) is 0 Å². The summed E-state index contributed by atoms with van der Waals surface area (Å²) in [4.78, 5) is 8.64. The molecule has 0 saturated carbocycles. The van der Waals surface area contributed by atoms with Crippen LogP contribution in [0.15, 0.2) is 47.5 Å². The molecule has 0 atom stereocenters. The van der Waals surface area contributed by atoms with E-state index in [1.165, 1.54) is 11.3 Å². The molecule has 4 rings (SSSR count). The lowest BCUT2D eigenvalue weighted by molar-refractivity contribution is 0.122. The minimum atomic E-state index is -0.183. The van der Waals surface area contributed by atoms with Gasteiger partial charge in [0.25, 0.3) is 0 Å². The molecule has 2 aliphatic heterocycles. The molecule has 0 aliphatic carbocycles. The summed E-state index contributed by atoms with van der Waals surface area (Å²) in [6, 6.07) is 13.8.